The molecule has 42 heavy (non-hydrogen) atoms. The molecule has 10 atom stereocenters. The first-order valence-electron chi connectivity index (χ1n) is 12.9. The number of aliphatic hydroxyl groups excluding tert-OH is 2. The molecular weight excluding hydrogens is 598 g/mol. The van der Waals surface area contributed by atoms with E-state index in [1.54, 1.807) is 48.5 Å². The van der Waals surface area contributed by atoms with Crippen molar-refractivity contribution in [2.24, 2.45) is 0 Å². The summed E-state index contributed by atoms with van der Waals surface area (Å²) in [4.78, 5) is 29.9. The van der Waals surface area contributed by atoms with Gasteiger partial charge < -0.3 is 38.6 Å². The first-order chi connectivity index (χ1) is 20.1. The molecule has 16 nitrogen and oxygen atoms in total. The maximum atomic E-state index is 13.1. The maximum Gasteiger partial charge on any atom is 0.472 e. The molecule has 18 heteroatoms. The summed E-state index contributed by atoms with van der Waals surface area (Å²) in [7, 11) is -9.84. The quantitative estimate of drug-likeness (QED) is 0.234. The van der Waals surface area contributed by atoms with Gasteiger partial charge in [-0.1, -0.05) is 24.3 Å². The van der Waals surface area contributed by atoms with Gasteiger partial charge in [0.15, 0.2) is 12.5 Å². The van der Waals surface area contributed by atoms with E-state index < -0.39 is 77.9 Å². The third-order valence-corrected chi connectivity index (χ3v) is 9.42. The van der Waals surface area contributed by atoms with Crippen LogP contribution in [0.25, 0.3) is 22.1 Å². The Morgan fingerprint density at radius 3 is 1.52 bits per heavy atom. The monoisotopic (exact) mass is 624 g/mol. The number of ether oxygens (including phenoxy) is 2. The van der Waals surface area contributed by atoms with Crippen LogP contribution in [0.1, 0.15) is 12.5 Å². The largest absolute Gasteiger partial charge is 0.472 e. The minimum atomic E-state index is -4.92. The standard InChI is InChI=1S/C24H26N4O12P2/c29-19-17-9-35-42(33,34)40-22-20(30)18(38-24(22)28-12-26-14-6-2-4-8-16(14)28)10-36-41(31,32)39-21(19)23(37-17)27-11-25-13-5-1-3-7-15(13)27/h1-8,11-12,17-24,29-30H,9-10H2,(H,31,32)(H,33,34)/t17-,18-,19?,20?,21?,22?,23-,24-/m1/s1. The second kappa shape index (κ2) is 10.6. The van der Waals surface area contributed by atoms with Gasteiger partial charge >= 0.3 is 15.6 Å². The number of nitrogens with zero attached hydrogens (tertiary/aromatic N) is 4. The summed E-state index contributed by atoms with van der Waals surface area (Å²) < 4.78 is 62.3. The van der Waals surface area contributed by atoms with E-state index in [0.29, 0.717) is 22.1 Å². The number of hydrogen-bond donors (Lipinski definition) is 4. The summed E-state index contributed by atoms with van der Waals surface area (Å²) >= 11 is 0. The number of fused-ring (bicyclic) bond motifs is 6. The van der Waals surface area contributed by atoms with Gasteiger partial charge in [-0.15, -0.1) is 0 Å². The van der Waals surface area contributed by atoms with Crippen LogP contribution in [0.5, 0.6) is 0 Å². The lowest BCUT2D eigenvalue weighted by Crippen LogP contribution is -2.38. The van der Waals surface area contributed by atoms with Crippen LogP contribution >= 0.6 is 15.6 Å². The Labute approximate surface area is 237 Å². The minimum Gasteiger partial charge on any atom is -0.387 e. The van der Waals surface area contributed by atoms with Crippen LogP contribution in [0.3, 0.4) is 0 Å². The summed E-state index contributed by atoms with van der Waals surface area (Å²) in [6, 6.07) is 14.0. The predicted octanol–water partition coefficient (Wildman–Crippen LogP) is 1.62. The molecule has 0 radical (unpaired) electrons. The van der Waals surface area contributed by atoms with Crippen LogP contribution in [0.2, 0.25) is 0 Å². The van der Waals surface area contributed by atoms with Crippen LogP contribution in [-0.4, -0.2) is 88.9 Å². The molecule has 3 aliphatic rings. The molecule has 7 rings (SSSR count). The topological polar surface area (TPSA) is 206 Å². The van der Waals surface area contributed by atoms with Crippen molar-refractivity contribution in [3.8, 4) is 0 Å². The Morgan fingerprint density at radius 1 is 0.690 bits per heavy atom. The van der Waals surface area contributed by atoms with Crippen LogP contribution in [0.4, 0.5) is 0 Å². The zero-order valence-corrected chi connectivity index (χ0v) is 23.3. The SMILES string of the molecule is O=P1(O)OC[C@H]2O[C@@H](n3cnc4ccccc43)C(OP(=O)(O)OC[C@H]3O[C@@H](n4cnc5ccccc54)C(O1)C3O)C2O. The van der Waals surface area contributed by atoms with Crippen molar-refractivity contribution < 1.29 is 56.7 Å². The molecule has 0 amide bonds. The van der Waals surface area contributed by atoms with Crippen molar-refractivity contribution in [1.82, 2.24) is 19.1 Å². The number of hydrogen-bond acceptors (Lipinski definition) is 12. The molecule has 2 aromatic heterocycles. The van der Waals surface area contributed by atoms with E-state index in [1.807, 2.05) is 0 Å². The van der Waals surface area contributed by atoms with Gasteiger partial charge in [0, 0.05) is 0 Å². The normalized spacial score (nSPS) is 39.5. The fourth-order valence-electron chi connectivity index (χ4n) is 5.45. The summed E-state index contributed by atoms with van der Waals surface area (Å²) in [6.07, 6.45) is -8.42. The highest BCUT2D eigenvalue weighted by Crippen LogP contribution is 2.53. The van der Waals surface area contributed by atoms with Gasteiger partial charge in [0.05, 0.1) is 47.9 Å². The van der Waals surface area contributed by atoms with Crippen molar-refractivity contribution in [2.75, 3.05) is 13.2 Å². The molecule has 0 spiro atoms. The van der Waals surface area contributed by atoms with Crippen molar-refractivity contribution in [3.63, 3.8) is 0 Å². The van der Waals surface area contributed by atoms with Gasteiger partial charge in [0.1, 0.15) is 36.6 Å². The van der Waals surface area contributed by atoms with E-state index >= 15 is 0 Å². The predicted molar refractivity (Wildman–Crippen MR) is 141 cm³/mol. The van der Waals surface area contributed by atoms with Crippen molar-refractivity contribution in [3.05, 3.63) is 61.2 Å². The first kappa shape index (κ1) is 28.2. The molecule has 3 fully saturated rings. The van der Waals surface area contributed by atoms with Crippen LogP contribution in [0.15, 0.2) is 61.2 Å². The van der Waals surface area contributed by atoms with Crippen molar-refractivity contribution >= 4 is 37.7 Å². The second-order valence-electron chi connectivity index (χ2n) is 10.1. The minimum absolute atomic E-state index is 0.569. The molecule has 4 bridgehead atoms. The molecule has 4 aromatic rings. The highest BCUT2D eigenvalue weighted by Gasteiger charge is 2.53. The molecule has 224 valence electrons. The van der Waals surface area contributed by atoms with E-state index in [1.165, 1.54) is 21.8 Å². The van der Waals surface area contributed by atoms with Crippen LogP contribution in [0, 0.1) is 0 Å². The number of rotatable bonds is 2. The number of aliphatic hydroxyl groups is 2. The third-order valence-electron chi connectivity index (χ3n) is 7.45. The van der Waals surface area contributed by atoms with Crippen molar-refractivity contribution in [2.45, 2.75) is 49.1 Å². The number of aromatic nitrogens is 4. The zero-order valence-electron chi connectivity index (χ0n) is 21.5. The first-order valence-corrected chi connectivity index (χ1v) is 15.9. The summed E-state index contributed by atoms with van der Waals surface area (Å²) in [5, 5.41) is 22.1. The van der Waals surface area contributed by atoms with E-state index in [2.05, 4.69) is 9.97 Å². The average molecular weight is 624 g/mol. The lowest BCUT2D eigenvalue weighted by Gasteiger charge is -2.26. The zero-order chi connectivity index (χ0) is 29.2. The van der Waals surface area contributed by atoms with E-state index in [4.69, 9.17) is 27.6 Å². The smallest absolute Gasteiger partial charge is 0.387 e. The summed E-state index contributed by atoms with van der Waals surface area (Å²) in [5.74, 6) is 0. The van der Waals surface area contributed by atoms with Crippen LogP contribution < -0.4 is 0 Å². The van der Waals surface area contributed by atoms with E-state index in [9.17, 15) is 29.1 Å². The highest BCUT2D eigenvalue weighted by atomic mass is 31.2. The Kier molecular flexibility index (Phi) is 7.09. The number of para-hydroxylation sites is 4. The summed E-state index contributed by atoms with van der Waals surface area (Å²) in [6.45, 7) is -1.36. The number of phosphoric acid groups is 2. The number of phosphoric ester groups is 2. The fourth-order valence-corrected chi connectivity index (χ4v) is 7.32. The number of imidazole rings is 2. The number of benzene rings is 2. The molecule has 0 aliphatic carbocycles. The molecule has 3 aliphatic heterocycles. The van der Waals surface area contributed by atoms with Gasteiger partial charge in [-0.05, 0) is 24.3 Å². The average Bonchev–Trinajstić information content (AvgIpc) is 3.72. The Morgan fingerprint density at radius 2 is 1.10 bits per heavy atom. The van der Waals surface area contributed by atoms with Crippen LogP contribution in [-0.2, 0) is 36.7 Å². The lowest BCUT2D eigenvalue weighted by molar-refractivity contribution is -0.0673. The third kappa shape index (κ3) is 5.03. The second-order valence-corrected chi connectivity index (χ2v) is 12.9. The molecule has 6 unspecified atom stereocenters. The Bertz CT molecular complexity index is 1590. The van der Waals surface area contributed by atoms with Gasteiger partial charge in [-0.2, -0.15) is 0 Å². The molecule has 0 saturated carbocycles. The summed E-state index contributed by atoms with van der Waals surface area (Å²) in [5.41, 5.74) is 2.30. The van der Waals surface area contributed by atoms with E-state index in [-0.39, 0.29) is 0 Å². The molecular formula is C24H26N4O12P2. The highest BCUT2D eigenvalue weighted by molar-refractivity contribution is 7.47. The molecule has 2 aromatic carbocycles. The van der Waals surface area contributed by atoms with Gasteiger partial charge in [-0.25, -0.2) is 19.1 Å². The van der Waals surface area contributed by atoms with Gasteiger partial charge in [0.2, 0.25) is 0 Å². The Hall–Kier alpha value is -2.56. The molecule has 4 N–H and O–H groups in total. The lowest BCUT2D eigenvalue weighted by atomic mass is 10.1. The van der Waals surface area contributed by atoms with E-state index in [0.717, 1.165) is 0 Å². The fraction of sp³-hybridized carbons (Fsp3) is 0.417. The van der Waals surface area contributed by atoms with Gasteiger partial charge in [0.25, 0.3) is 0 Å². The maximum absolute atomic E-state index is 13.1. The molecule has 5 heterocycles. The Balaban J connectivity index is 1.22. The van der Waals surface area contributed by atoms with Crippen molar-refractivity contribution in [1.29, 1.82) is 0 Å². The van der Waals surface area contributed by atoms with Gasteiger partial charge in [-0.3, -0.25) is 18.1 Å². The molecule has 3 saturated heterocycles.